The Morgan fingerprint density at radius 3 is 2.72 bits per heavy atom. The van der Waals surface area contributed by atoms with Gasteiger partial charge in [-0.05, 0) is 42.0 Å². The van der Waals surface area contributed by atoms with E-state index < -0.39 is 0 Å². The zero-order chi connectivity index (χ0) is 21.5. The molecule has 156 valence electrons. The number of nitrogens with one attached hydrogen (secondary N) is 1. The van der Waals surface area contributed by atoms with E-state index in [1.165, 1.54) is 0 Å². The van der Waals surface area contributed by atoms with Crippen molar-refractivity contribution in [1.29, 1.82) is 0 Å². The molecule has 0 spiro atoms. The Hall–Kier alpha value is -4.26. The lowest BCUT2D eigenvalue weighted by atomic mass is 10.1. The summed E-state index contributed by atoms with van der Waals surface area (Å²) in [5.74, 6) is 0.849. The van der Waals surface area contributed by atoms with Crippen molar-refractivity contribution in [3.63, 3.8) is 0 Å². The first-order chi connectivity index (χ1) is 15.8. The van der Waals surface area contributed by atoms with Crippen LogP contribution < -0.4 is 10.2 Å². The van der Waals surface area contributed by atoms with Gasteiger partial charge in [0.05, 0.1) is 24.0 Å². The topological polar surface area (TPSA) is 75.4 Å². The number of nitrogens with zero attached hydrogens (tertiary/aromatic N) is 5. The summed E-state index contributed by atoms with van der Waals surface area (Å²) < 4.78 is 2.10. The largest absolute Gasteiger partial charge is 0.353 e. The van der Waals surface area contributed by atoms with Crippen LogP contribution in [-0.2, 0) is 4.79 Å². The zero-order valence-corrected chi connectivity index (χ0v) is 17.3. The van der Waals surface area contributed by atoms with Gasteiger partial charge >= 0.3 is 0 Å². The van der Waals surface area contributed by atoms with Gasteiger partial charge in [-0.15, -0.1) is 0 Å². The van der Waals surface area contributed by atoms with E-state index in [4.69, 9.17) is 0 Å². The van der Waals surface area contributed by atoms with Crippen molar-refractivity contribution < 1.29 is 4.79 Å². The first-order valence-corrected chi connectivity index (χ1v) is 10.6. The number of benzene rings is 1. The summed E-state index contributed by atoms with van der Waals surface area (Å²) >= 11 is 0. The van der Waals surface area contributed by atoms with Gasteiger partial charge < -0.3 is 10.2 Å². The summed E-state index contributed by atoms with van der Waals surface area (Å²) in [7, 11) is 0. The molecule has 0 radical (unpaired) electrons. The maximum Gasteiger partial charge on any atom is 0.239 e. The number of fused-ring (bicyclic) bond motifs is 2. The standard InChI is InChI=1S/C25H20N6O/c32-25-16-30(12-10-27-25)23-6-5-18(14-28-23)17-8-11-31-22(15-29-24(31)13-17)20-7-9-26-21-4-2-1-3-19(20)21/h1-9,11,13-15H,10,12,16H2,(H,27,32). The summed E-state index contributed by atoms with van der Waals surface area (Å²) in [6, 6.07) is 18.3. The Balaban J connectivity index is 1.34. The molecule has 1 fully saturated rings. The second-order valence-corrected chi connectivity index (χ2v) is 7.84. The summed E-state index contributed by atoms with van der Waals surface area (Å²) in [6.07, 6.45) is 7.65. The highest BCUT2D eigenvalue weighted by molar-refractivity contribution is 5.93. The molecule has 0 aliphatic carbocycles. The number of amides is 1. The number of piperazine rings is 1. The molecule has 1 amide bonds. The van der Waals surface area contributed by atoms with E-state index in [0.717, 1.165) is 51.3 Å². The SMILES string of the molecule is O=C1CN(c2ccc(-c3ccn4c(-c5ccnc6ccccc56)cnc4c3)cn2)CCN1. The summed E-state index contributed by atoms with van der Waals surface area (Å²) in [5, 5.41) is 3.94. The third-order valence-corrected chi connectivity index (χ3v) is 5.88. The number of carbonyl (C=O) groups excluding carboxylic acids is 1. The maximum atomic E-state index is 11.6. The minimum Gasteiger partial charge on any atom is -0.353 e. The average molecular weight is 420 g/mol. The molecule has 4 aromatic heterocycles. The van der Waals surface area contributed by atoms with Crippen LogP contribution in [-0.4, -0.2) is 44.9 Å². The molecule has 32 heavy (non-hydrogen) atoms. The van der Waals surface area contributed by atoms with Crippen molar-refractivity contribution in [3.05, 3.63) is 79.4 Å². The van der Waals surface area contributed by atoms with E-state index in [1.54, 1.807) is 0 Å². The molecule has 5 aromatic rings. The monoisotopic (exact) mass is 420 g/mol. The van der Waals surface area contributed by atoms with Crippen molar-refractivity contribution >= 4 is 28.3 Å². The number of anilines is 1. The number of hydrogen-bond acceptors (Lipinski definition) is 5. The number of pyridine rings is 3. The van der Waals surface area contributed by atoms with Gasteiger partial charge in [0, 0.05) is 48.2 Å². The Morgan fingerprint density at radius 1 is 0.906 bits per heavy atom. The molecule has 0 saturated carbocycles. The van der Waals surface area contributed by atoms with Crippen molar-refractivity contribution in [2.75, 3.05) is 24.5 Å². The fourth-order valence-electron chi connectivity index (χ4n) is 4.26. The van der Waals surface area contributed by atoms with Crippen LogP contribution in [0.2, 0.25) is 0 Å². The predicted molar refractivity (Wildman–Crippen MR) is 124 cm³/mol. The first-order valence-electron chi connectivity index (χ1n) is 10.6. The average Bonchev–Trinajstić information content (AvgIpc) is 3.27. The van der Waals surface area contributed by atoms with Gasteiger partial charge in [-0.3, -0.25) is 14.2 Å². The Labute approximate surface area is 184 Å². The predicted octanol–water partition coefficient (Wildman–Crippen LogP) is 3.55. The molecular formula is C25H20N6O. The van der Waals surface area contributed by atoms with Crippen LogP contribution >= 0.6 is 0 Å². The Morgan fingerprint density at radius 2 is 1.84 bits per heavy atom. The third-order valence-electron chi connectivity index (χ3n) is 5.88. The molecule has 0 unspecified atom stereocenters. The summed E-state index contributed by atoms with van der Waals surface area (Å²) in [6.45, 7) is 1.76. The molecule has 1 aliphatic heterocycles. The van der Waals surface area contributed by atoms with Crippen molar-refractivity contribution in [2.24, 2.45) is 0 Å². The molecule has 7 nitrogen and oxygen atoms in total. The van der Waals surface area contributed by atoms with Crippen LogP contribution in [0.15, 0.2) is 79.4 Å². The minimum atomic E-state index is 0.0321. The second kappa shape index (κ2) is 7.46. The van der Waals surface area contributed by atoms with Crippen molar-refractivity contribution in [3.8, 4) is 22.4 Å². The van der Waals surface area contributed by atoms with Gasteiger partial charge in [-0.2, -0.15) is 0 Å². The van der Waals surface area contributed by atoms with Gasteiger partial charge in [-0.1, -0.05) is 18.2 Å². The number of hydrogen-bond donors (Lipinski definition) is 1. The van der Waals surface area contributed by atoms with Crippen molar-refractivity contribution in [2.45, 2.75) is 0 Å². The molecule has 6 rings (SSSR count). The lowest BCUT2D eigenvalue weighted by Crippen LogP contribution is -2.48. The fourth-order valence-corrected chi connectivity index (χ4v) is 4.26. The van der Waals surface area contributed by atoms with E-state index in [-0.39, 0.29) is 5.91 Å². The number of rotatable bonds is 3. The molecule has 0 bridgehead atoms. The van der Waals surface area contributed by atoms with Crippen LogP contribution in [0.1, 0.15) is 0 Å². The van der Waals surface area contributed by atoms with E-state index in [1.807, 2.05) is 66.1 Å². The molecule has 1 saturated heterocycles. The molecule has 1 aromatic carbocycles. The molecular weight excluding hydrogens is 400 g/mol. The maximum absolute atomic E-state index is 11.6. The quantitative estimate of drug-likeness (QED) is 0.483. The second-order valence-electron chi connectivity index (χ2n) is 7.84. The highest BCUT2D eigenvalue weighted by Crippen LogP contribution is 2.29. The minimum absolute atomic E-state index is 0.0321. The number of carbonyl (C=O) groups is 1. The number of imidazole rings is 1. The number of aromatic nitrogens is 4. The van der Waals surface area contributed by atoms with Gasteiger partial charge in [0.15, 0.2) is 0 Å². The highest BCUT2D eigenvalue weighted by Gasteiger charge is 2.17. The normalized spacial score (nSPS) is 14.1. The molecule has 0 atom stereocenters. The van der Waals surface area contributed by atoms with Gasteiger partial charge in [0.25, 0.3) is 0 Å². The van der Waals surface area contributed by atoms with Crippen LogP contribution in [0, 0.1) is 0 Å². The van der Waals surface area contributed by atoms with Crippen LogP contribution in [0.4, 0.5) is 5.82 Å². The first kappa shape index (κ1) is 18.5. The Kier molecular flexibility index (Phi) is 4.31. The van der Waals surface area contributed by atoms with Gasteiger partial charge in [-0.25, -0.2) is 9.97 Å². The van der Waals surface area contributed by atoms with Gasteiger partial charge in [0.2, 0.25) is 5.91 Å². The summed E-state index contributed by atoms with van der Waals surface area (Å²) in [4.78, 5) is 27.4. The van der Waals surface area contributed by atoms with E-state index >= 15 is 0 Å². The molecule has 1 N–H and O–H groups in total. The smallest absolute Gasteiger partial charge is 0.239 e. The summed E-state index contributed by atoms with van der Waals surface area (Å²) in [5.41, 5.74) is 6.03. The molecule has 5 heterocycles. The fraction of sp³-hybridized carbons (Fsp3) is 0.120. The van der Waals surface area contributed by atoms with E-state index in [0.29, 0.717) is 13.1 Å². The Bertz CT molecular complexity index is 1450. The zero-order valence-electron chi connectivity index (χ0n) is 17.3. The van der Waals surface area contributed by atoms with Crippen molar-refractivity contribution in [1.82, 2.24) is 24.7 Å². The number of para-hydroxylation sites is 1. The molecule has 1 aliphatic rings. The van der Waals surface area contributed by atoms with Crippen LogP contribution in [0.5, 0.6) is 0 Å². The van der Waals surface area contributed by atoms with Crippen LogP contribution in [0.3, 0.4) is 0 Å². The molecule has 7 heteroatoms. The van der Waals surface area contributed by atoms with E-state index in [2.05, 4.69) is 42.9 Å². The van der Waals surface area contributed by atoms with Gasteiger partial charge in [0.1, 0.15) is 11.5 Å². The lowest BCUT2D eigenvalue weighted by molar-refractivity contribution is -0.120. The highest BCUT2D eigenvalue weighted by atomic mass is 16.2. The lowest BCUT2D eigenvalue weighted by Gasteiger charge is -2.27. The van der Waals surface area contributed by atoms with E-state index in [9.17, 15) is 4.79 Å². The third kappa shape index (κ3) is 3.15. The van der Waals surface area contributed by atoms with Crippen LogP contribution in [0.25, 0.3) is 38.9 Å².